The molecule has 3 heteroatoms. The van der Waals surface area contributed by atoms with Crippen LogP contribution in [-0.4, -0.2) is 4.57 Å². The summed E-state index contributed by atoms with van der Waals surface area (Å²) < 4.78 is 9.17. The van der Waals surface area contributed by atoms with Crippen LogP contribution in [0.15, 0.2) is 211 Å². The molecule has 9 aromatic carbocycles. The fourth-order valence-corrected chi connectivity index (χ4v) is 9.90. The number of anilines is 3. The molecule has 0 atom stereocenters. The summed E-state index contributed by atoms with van der Waals surface area (Å²) in [5.41, 5.74) is 18.3. The highest BCUT2D eigenvalue weighted by Crippen LogP contribution is 2.50. The van der Waals surface area contributed by atoms with Gasteiger partial charge in [0.2, 0.25) is 0 Å². The van der Waals surface area contributed by atoms with Crippen LogP contribution in [0.4, 0.5) is 17.1 Å². The summed E-state index contributed by atoms with van der Waals surface area (Å²) in [6.45, 7) is 4.70. The van der Waals surface area contributed by atoms with Crippen molar-refractivity contribution in [3.8, 4) is 39.1 Å². The van der Waals surface area contributed by atoms with Crippen molar-refractivity contribution in [1.82, 2.24) is 4.57 Å². The first-order valence-corrected chi connectivity index (χ1v) is 20.8. The smallest absolute Gasteiger partial charge is 0.143 e. The van der Waals surface area contributed by atoms with E-state index in [2.05, 4.69) is 230 Å². The van der Waals surface area contributed by atoms with Crippen LogP contribution in [-0.2, 0) is 5.41 Å². The van der Waals surface area contributed by atoms with E-state index < -0.39 is 0 Å². The molecule has 0 saturated heterocycles. The second kappa shape index (κ2) is 13.2. The van der Waals surface area contributed by atoms with E-state index in [1.165, 1.54) is 55.2 Å². The molecule has 1 aliphatic carbocycles. The zero-order valence-electron chi connectivity index (χ0n) is 33.4. The molecule has 3 nitrogen and oxygen atoms in total. The van der Waals surface area contributed by atoms with Crippen LogP contribution in [0, 0.1) is 0 Å². The minimum absolute atomic E-state index is 0.0757. The summed E-state index contributed by atoms with van der Waals surface area (Å²) in [6, 6.07) is 74.8. The van der Waals surface area contributed by atoms with Crippen LogP contribution in [0.5, 0.6) is 0 Å². The van der Waals surface area contributed by atoms with Gasteiger partial charge < -0.3 is 13.9 Å². The molecule has 0 unspecified atom stereocenters. The Bertz CT molecular complexity index is 3420. The van der Waals surface area contributed by atoms with Crippen molar-refractivity contribution in [2.24, 2.45) is 0 Å². The lowest BCUT2D eigenvalue weighted by atomic mass is 9.81. The summed E-state index contributed by atoms with van der Waals surface area (Å²) in [5, 5.41) is 4.67. The van der Waals surface area contributed by atoms with Gasteiger partial charge in [0, 0.05) is 55.3 Å². The highest BCUT2D eigenvalue weighted by molar-refractivity contribution is 6.12. The Labute approximate surface area is 349 Å². The molecule has 0 bridgehead atoms. The maximum atomic E-state index is 6.78. The molecule has 12 rings (SSSR count). The lowest BCUT2D eigenvalue weighted by Crippen LogP contribution is -2.14. The number of rotatable bonds is 6. The van der Waals surface area contributed by atoms with Gasteiger partial charge in [0.25, 0.3) is 0 Å². The van der Waals surface area contributed by atoms with Crippen molar-refractivity contribution in [1.29, 1.82) is 0 Å². The van der Waals surface area contributed by atoms with Crippen LogP contribution in [0.25, 0.3) is 82.8 Å². The Morgan fingerprint density at radius 1 is 0.400 bits per heavy atom. The van der Waals surface area contributed by atoms with Crippen LogP contribution in [0.1, 0.15) is 25.0 Å². The van der Waals surface area contributed by atoms with Gasteiger partial charge in [-0.25, -0.2) is 0 Å². The number of hydrogen-bond donors (Lipinski definition) is 0. The largest absolute Gasteiger partial charge is 0.455 e. The topological polar surface area (TPSA) is 21.3 Å². The Kier molecular flexibility index (Phi) is 7.58. The van der Waals surface area contributed by atoms with E-state index in [-0.39, 0.29) is 5.41 Å². The van der Waals surface area contributed by atoms with E-state index in [0.717, 1.165) is 55.8 Å². The average Bonchev–Trinajstić information content (AvgIpc) is 3.92. The van der Waals surface area contributed by atoms with Gasteiger partial charge >= 0.3 is 0 Å². The minimum Gasteiger partial charge on any atom is -0.455 e. The third-order valence-corrected chi connectivity index (χ3v) is 12.8. The third kappa shape index (κ3) is 5.22. The molecular formula is C57H40N2O. The van der Waals surface area contributed by atoms with Gasteiger partial charge in [-0.2, -0.15) is 0 Å². The molecule has 1 aliphatic rings. The number of para-hydroxylation sites is 4. The molecule has 2 aromatic heterocycles. The lowest BCUT2D eigenvalue weighted by Gasteiger charge is -2.27. The Hall–Kier alpha value is -7.62. The van der Waals surface area contributed by atoms with Crippen LogP contribution >= 0.6 is 0 Å². The van der Waals surface area contributed by atoms with E-state index in [1.54, 1.807) is 0 Å². The van der Waals surface area contributed by atoms with Crippen molar-refractivity contribution < 1.29 is 4.42 Å². The van der Waals surface area contributed by atoms with Crippen LogP contribution in [0.3, 0.4) is 0 Å². The van der Waals surface area contributed by atoms with Gasteiger partial charge in [0.15, 0.2) is 0 Å². The molecule has 60 heavy (non-hydrogen) atoms. The van der Waals surface area contributed by atoms with Gasteiger partial charge in [0.1, 0.15) is 11.2 Å². The first kappa shape index (κ1) is 34.4. The maximum absolute atomic E-state index is 6.78. The summed E-state index contributed by atoms with van der Waals surface area (Å²) in [4.78, 5) is 2.39. The second-order valence-electron chi connectivity index (χ2n) is 16.5. The second-order valence-corrected chi connectivity index (χ2v) is 16.5. The number of hydrogen-bond acceptors (Lipinski definition) is 2. The Morgan fingerprint density at radius 3 is 1.85 bits per heavy atom. The normalized spacial score (nSPS) is 13.0. The van der Waals surface area contributed by atoms with Gasteiger partial charge in [-0.1, -0.05) is 147 Å². The highest BCUT2D eigenvalue weighted by Gasteiger charge is 2.35. The monoisotopic (exact) mass is 768 g/mol. The standard InChI is InChI=1S/C57H40N2O/c1-57(2)51-26-10-6-22-44(51)45-31-30-38(34-52(45)57)37-16-14-20-41(32-37)58(40-18-4-3-5-19-40)43-35-49(56-50(36-43)48-25-9-13-29-55(48)60-56)39-17-15-21-42(33-39)59-53-27-11-7-23-46(53)47-24-8-12-28-54(47)59/h3-36H,1-2H3. The number of fused-ring (bicyclic) bond motifs is 9. The van der Waals surface area contributed by atoms with E-state index in [9.17, 15) is 0 Å². The van der Waals surface area contributed by atoms with Gasteiger partial charge in [-0.05, 0) is 112 Å². The van der Waals surface area contributed by atoms with Crippen molar-refractivity contribution in [3.05, 3.63) is 217 Å². The number of furan rings is 1. The summed E-state index contributed by atoms with van der Waals surface area (Å²) in [7, 11) is 0. The van der Waals surface area contributed by atoms with Gasteiger partial charge in [0.05, 0.1) is 11.0 Å². The van der Waals surface area contributed by atoms with Crippen molar-refractivity contribution >= 4 is 60.8 Å². The summed E-state index contributed by atoms with van der Waals surface area (Å²) in [6.07, 6.45) is 0. The quantitative estimate of drug-likeness (QED) is 0.168. The molecule has 11 aromatic rings. The molecule has 0 amide bonds. The van der Waals surface area contributed by atoms with Crippen molar-refractivity contribution in [2.45, 2.75) is 19.3 Å². The van der Waals surface area contributed by atoms with E-state index >= 15 is 0 Å². The SMILES string of the molecule is CC1(C)c2ccccc2-c2ccc(-c3cccc(N(c4ccccc4)c4cc(-c5cccc(-n6c7ccccc7c7ccccc76)c5)c5oc6ccccc6c5c4)c3)cc21. The van der Waals surface area contributed by atoms with E-state index in [0.29, 0.717) is 0 Å². The molecule has 284 valence electrons. The fraction of sp³-hybridized carbons (Fsp3) is 0.0526. The van der Waals surface area contributed by atoms with E-state index in [4.69, 9.17) is 4.42 Å². The van der Waals surface area contributed by atoms with Crippen LogP contribution in [0.2, 0.25) is 0 Å². The Morgan fingerprint density at radius 2 is 1.03 bits per heavy atom. The molecule has 0 saturated carbocycles. The predicted molar refractivity (Wildman–Crippen MR) is 251 cm³/mol. The lowest BCUT2D eigenvalue weighted by molar-refractivity contribution is 0.660. The Balaban J connectivity index is 1.05. The zero-order chi connectivity index (χ0) is 40.0. The minimum atomic E-state index is -0.0757. The average molecular weight is 769 g/mol. The predicted octanol–water partition coefficient (Wildman–Crippen LogP) is 15.8. The molecule has 0 N–H and O–H groups in total. The molecule has 0 radical (unpaired) electrons. The molecular weight excluding hydrogens is 729 g/mol. The number of aromatic nitrogens is 1. The van der Waals surface area contributed by atoms with Crippen molar-refractivity contribution in [2.75, 3.05) is 4.90 Å². The first-order chi connectivity index (χ1) is 29.5. The first-order valence-electron chi connectivity index (χ1n) is 20.8. The van der Waals surface area contributed by atoms with E-state index in [1.807, 2.05) is 0 Å². The highest BCUT2D eigenvalue weighted by atomic mass is 16.3. The third-order valence-electron chi connectivity index (χ3n) is 12.8. The van der Waals surface area contributed by atoms with Gasteiger partial charge in [-0.3, -0.25) is 0 Å². The number of nitrogens with zero attached hydrogens (tertiary/aromatic N) is 2. The fourth-order valence-electron chi connectivity index (χ4n) is 9.90. The van der Waals surface area contributed by atoms with Crippen molar-refractivity contribution in [3.63, 3.8) is 0 Å². The zero-order valence-corrected chi connectivity index (χ0v) is 33.4. The summed E-state index contributed by atoms with van der Waals surface area (Å²) >= 11 is 0. The number of benzene rings is 9. The summed E-state index contributed by atoms with van der Waals surface area (Å²) in [5.74, 6) is 0. The molecule has 2 heterocycles. The maximum Gasteiger partial charge on any atom is 0.143 e. The van der Waals surface area contributed by atoms with Gasteiger partial charge in [-0.15, -0.1) is 0 Å². The molecule has 0 fully saturated rings. The van der Waals surface area contributed by atoms with Crippen LogP contribution < -0.4 is 4.90 Å². The molecule has 0 spiro atoms. The molecule has 0 aliphatic heterocycles.